The van der Waals surface area contributed by atoms with Gasteiger partial charge < -0.3 is 20.4 Å². The van der Waals surface area contributed by atoms with Gasteiger partial charge in [0.15, 0.2) is 0 Å². The number of H-pyrrole nitrogens is 1. The number of benzene rings is 3. The summed E-state index contributed by atoms with van der Waals surface area (Å²) in [5.74, 6) is 0.0255. The summed E-state index contributed by atoms with van der Waals surface area (Å²) in [4.78, 5) is 29.2. The van der Waals surface area contributed by atoms with E-state index in [0.29, 0.717) is 24.3 Å². The largest absolute Gasteiger partial charge is 0.497 e. The van der Waals surface area contributed by atoms with Gasteiger partial charge >= 0.3 is 0 Å². The zero-order chi connectivity index (χ0) is 23.9. The first kappa shape index (κ1) is 22.9. The molecule has 1 aromatic heterocycles. The molecule has 6 heteroatoms. The highest BCUT2D eigenvalue weighted by molar-refractivity contribution is 6.05. The van der Waals surface area contributed by atoms with E-state index >= 15 is 0 Å². The molecule has 4 aromatic rings. The van der Waals surface area contributed by atoms with Gasteiger partial charge in [0.25, 0.3) is 11.8 Å². The first-order valence-electron chi connectivity index (χ1n) is 11.1. The monoisotopic (exact) mass is 453 g/mol. The summed E-state index contributed by atoms with van der Waals surface area (Å²) in [5.41, 5.74) is 4.60. The molecule has 0 aliphatic carbocycles. The topological polar surface area (TPSA) is 83.2 Å². The molecule has 0 saturated heterocycles. The number of amides is 2. The highest BCUT2D eigenvalue weighted by Crippen LogP contribution is 2.18. The Kier molecular flexibility index (Phi) is 7.08. The second-order valence-electron chi connectivity index (χ2n) is 8.02. The van der Waals surface area contributed by atoms with Crippen molar-refractivity contribution >= 4 is 28.8 Å². The molecular weight excluding hydrogens is 426 g/mol. The fourth-order valence-electron chi connectivity index (χ4n) is 3.75. The summed E-state index contributed by atoms with van der Waals surface area (Å²) >= 11 is 0. The van der Waals surface area contributed by atoms with E-state index in [1.807, 2.05) is 55.6 Å². The average Bonchev–Trinajstić information content (AvgIpc) is 3.27. The highest BCUT2D eigenvalue weighted by atomic mass is 16.5. The lowest BCUT2D eigenvalue weighted by Crippen LogP contribution is -2.35. The first-order chi connectivity index (χ1) is 16.5. The summed E-state index contributed by atoms with van der Waals surface area (Å²) in [7, 11) is 1.60. The average molecular weight is 454 g/mol. The van der Waals surface area contributed by atoms with Gasteiger partial charge in [-0.15, -0.1) is 0 Å². The molecule has 0 aliphatic rings. The van der Waals surface area contributed by atoms with Crippen molar-refractivity contribution in [2.45, 2.75) is 13.3 Å². The van der Waals surface area contributed by atoms with E-state index < -0.39 is 0 Å². The van der Waals surface area contributed by atoms with E-state index in [2.05, 4.69) is 21.7 Å². The van der Waals surface area contributed by atoms with Crippen molar-refractivity contribution in [1.82, 2.24) is 15.6 Å². The van der Waals surface area contributed by atoms with Gasteiger partial charge in [-0.25, -0.2) is 0 Å². The molecular formula is C28H27N3O3. The van der Waals surface area contributed by atoms with E-state index in [1.165, 1.54) is 0 Å². The van der Waals surface area contributed by atoms with Gasteiger partial charge in [0.1, 0.15) is 11.4 Å². The van der Waals surface area contributed by atoms with Crippen molar-refractivity contribution in [3.8, 4) is 5.75 Å². The number of para-hydroxylation sites is 1. The van der Waals surface area contributed by atoms with Crippen LogP contribution in [0.3, 0.4) is 0 Å². The Morgan fingerprint density at radius 1 is 1.00 bits per heavy atom. The van der Waals surface area contributed by atoms with Crippen LogP contribution in [0.25, 0.3) is 17.0 Å². The van der Waals surface area contributed by atoms with E-state index in [1.54, 1.807) is 37.5 Å². The maximum absolute atomic E-state index is 13.1. The number of rotatable bonds is 8. The smallest absolute Gasteiger partial charge is 0.267 e. The van der Waals surface area contributed by atoms with Gasteiger partial charge in [-0.3, -0.25) is 9.59 Å². The summed E-state index contributed by atoms with van der Waals surface area (Å²) in [6, 6.07) is 22.6. The standard InChI is InChI=1S/C28H27N3O3/c1-19-6-5-7-21(16-19)27(32)31-26(17-20-10-12-23(34-2)13-11-20)28(33)29-15-14-22-18-30-25-9-4-3-8-24(22)25/h3-13,16-18,30H,14-15H2,1-2H3,(H,29,33)(H,31,32). The number of methoxy groups -OCH3 is 1. The van der Waals surface area contributed by atoms with Gasteiger partial charge in [-0.2, -0.15) is 0 Å². The van der Waals surface area contributed by atoms with Crippen LogP contribution in [0.2, 0.25) is 0 Å². The summed E-state index contributed by atoms with van der Waals surface area (Å²) in [6.45, 7) is 2.35. The Labute approximate surface area is 198 Å². The Hall–Kier alpha value is -4.32. The molecule has 0 atom stereocenters. The van der Waals surface area contributed by atoms with Crippen molar-refractivity contribution in [1.29, 1.82) is 0 Å². The lowest BCUT2D eigenvalue weighted by molar-refractivity contribution is -0.117. The minimum absolute atomic E-state index is 0.176. The summed E-state index contributed by atoms with van der Waals surface area (Å²) in [6.07, 6.45) is 4.29. The zero-order valence-corrected chi connectivity index (χ0v) is 19.2. The van der Waals surface area contributed by atoms with Gasteiger partial charge in [0.2, 0.25) is 0 Å². The number of hydrogen-bond donors (Lipinski definition) is 3. The molecule has 3 aromatic carbocycles. The van der Waals surface area contributed by atoms with Gasteiger partial charge in [0.05, 0.1) is 7.11 Å². The summed E-state index contributed by atoms with van der Waals surface area (Å²) < 4.78 is 5.20. The number of carbonyl (C=O) groups excluding carboxylic acids is 2. The fourth-order valence-corrected chi connectivity index (χ4v) is 3.75. The van der Waals surface area contributed by atoms with Crippen molar-refractivity contribution in [2.24, 2.45) is 0 Å². The SMILES string of the molecule is COc1ccc(C=C(NC(=O)c2cccc(C)c2)C(=O)NCCc2c[nH]c3ccccc23)cc1. The number of fused-ring (bicyclic) bond motifs is 1. The molecule has 3 N–H and O–H groups in total. The van der Waals surface area contributed by atoms with Crippen molar-refractivity contribution in [2.75, 3.05) is 13.7 Å². The molecule has 172 valence electrons. The van der Waals surface area contributed by atoms with Gasteiger partial charge in [-0.1, -0.05) is 48.0 Å². The number of hydrogen-bond acceptors (Lipinski definition) is 3. The molecule has 0 aliphatic heterocycles. The maximum atomic E-state index is 13.1. The van der Waals surface area contributed by atoms with Crippen LogP contribution in [-0.4, -0.2) is 30.5 Å². The second-order valence-corrected chi connectivity index (χ2v) is 8.02. The van der Waals surface area contributed by atoms with E-state index in [4.69, 9.17) is 4.74 Å². The van der Waals surface area contributed by atoms with E-state index in [9.17, 15) is 9.59 Å². The minimum Gasteiger partial charge on any atom is -0.497 e. The molecule has 6 nitrogen and oxygen atoms in total. The number of aromatic amines is 1. The summed E-state index contributed by atoms with van der Waals surface area (Å²) in [5, 5.41) is 6.86. The van der Waals surface area contributed by atoms with Crippen LogP contribution >= 0.6 is 0 Å². The Morgan fingerprint density at radius 3 is 2.56 bits per heavy atom. The number of nitrogens with one attached hydrogen (secondary N) is 3. The van der Waals surface area contributed by atoms with Crippen LogP contribution in [0.4, 0.5) is 0 Å². The third-order valence-electron chi connectivity index (χ3n) is 5.55. The Balaban J connectivity index is 1.50. The van der Waals surface area contributed by atoms with Crippen LogP contribution in [-0.2, 0) is 11.2 Å². The number of carbonyl (C=O) groups is 2. The van der Waals surface area contributed by atoms with Crippen molar-refractivity contribution in [3.63, 3.8) is 0 Å². The Bertz CT molecular complexity index is 1340. The molecule has 0 fully saturated rings. The molecule has 0 bridgehead atoms. The molecule has 0 spiro atoms. The van der Waals surface area contributed by atoms with Crippen molar-refractivity contribution < 1.29 is 14.3 Å². The predicted octanol–water partition coefficient (Wildman–Crippen LogP) is 4.61. The van der Waals surface area contributed by atoms with Crippen LogP contribution in [0.15, 0.2) is 84.7 Å². The van der Waals surface area contributed by atoms with E-state index in [-0.39, 0.29) is 17.5 Å². The minimum atomic E-state index is -0.350. The maximum Gasteiger partial charge on any atom is 0.267 e. The molecule has 0 unspecified atom stereocenters. The molecule has 0 radical (unpaired) electrons. The van der Waals surface area contributed by atoms with Crippen LogP contribution in [0, 0.1) is 6.92 Å². The van der Waals surface area contributed by atoms with Gasteiger partial charge in [0, 0.05) is 29.2 Å². The molecule has 4 rings (SSSR count). The lowest BCUT2D eigenvalue weighted by Gasteiger charge is -2.12. The Morgan fingerprint density at radius 2 is 1.79 bits per heavy atom. The predicted molar refractivity (Wildman–Crippen MR) is 135 cm³/mol. The molecule has 34 heavy (non-hydrogen) atoms. The highest BCUT2D eigenvalue weighted by Gasteiger charge is 2.15. The van der Waals surface area contributed by atoms with Crippen molar-refractivity contribution in [3.05, 3.63) is 107 Å². The normalized spacial score (nSPS) is 11.3. The third-order valence-corrected chi connectivity index (χ3v) is 5.55. The molecule has 0 saturated carbocycles. The zero-order valence-electron chi connectivity index (χ0n) is 19.2. The molecule has 1 heterocycles. The quantitative estimate of drug-likeness (QED) is 0.341. The van der Waals surface area contributed by atoms with E-state index in [0.717, 1.165) is 27.6 Å². The third kappa shape index (κ3) is 5.53. The second kappa shape index (κ2) is 10.5. The fraction of sp³-hybridized carbons (Fsp3) is 0.143. The van der Waals surface area contributed by atoms with Crippen LogP contribution in [0.1, 0.15) is 27.0 Å². The number of aryl methyl sites for hydroxylation is 1. The van der Waals surface area contributed by atoms with Crippen LogP contribution < -0.4 is 15.4 Å². The lowest BCUT2D eigenvalue weighted by atomic mass is 10.1. The van der Waals surface area contributed by atoms with Crippen LogP contribution in [0.5, 0.6) is 5.75 Å². The first-order valence-corrected chi connectivity index (χ1v) is 11.1. The molecule has 2 amide bonds. The number of aromatic nitrogens is 1. The number of ether oxygens (including phenoxy) is 1. The van der Waals surface area contributed by atoms with Gasteiger partial charge in [-0.05, 0) is 60.9 Å².